The summed E-state index contributed by atoms with van der Waals surface area (Å²) in [5, 5.41) is 13.1. The van der Waals surface area contributed by atoms with Crippen molar-refractivity contribution in [1.29, 1.82) is 0 Å². The van der Waals surface area contributed by atoms with E-state index in [4.69, 9.17) is 0 Å². The van der Waals surface area contributed by atoms with E-state index in [0.29, 0.717) is 11.5 Å². The van der Waals surface area contributed by atoms with Crippen LogP contribution in [0.3, 0.4) is 0 Å². The van der Waals surface area contributed by atoms with Crippen LogP contribution >= 0.6 is 0 Å². The summed E-state index contributed by atoms with van der Waals surface area (Å²) in [5.74, 6) is -1.13. The van der Waals surface area contributed by atoms with Gasteiger partial charge in [-0.1, -0.05) is 48.5 Å². The molecule has 0 heterocycles. The number of carboxylic acids is 1. The number of nitrogens with one attached hydrogen (secondary N) is 1. The SMILES string of the molecule is O=C(N[C@]1(C(=O)O)[C@@H]2CC[C@@H](C2)[C@H]1c1ccccc1)c1ccccc1. The monoisotopic (exact) mass is 335 g/mol. The van der Waals surface area contributed by atoms with E-state index in [-0.39, 0.29) is 17.7 Å². The summed E-state index contributed by atoms with van der Waals surface area (Å²) in [6.07, 6.45) is 2.75. The molecule has 25 heavy (non-hydrogen) atoms. The number of hydrogen-bond donors (Lipinski definition) is 2. The fourth-order valence-corrected chi connectivity index (χ4v) is 4.94. The minimum Gasteiger partial charge on any atom is -0.479 e. The van der Waals surface area contributed by atoms with E-state index in [0.717, 1.165) is 24.8 Å². The highest BCUT2D eigenvalue weighted by Gasteiger charge is 2.63. The predicted molar refractivity (Wildman–Crippen MR) is 94.3 cm³/mol. The van der Waals surface area contributed by atoms with Crippen LogP contribution in [0.15, 0.2) is 60.7 Å². The molecule has 0 saturated heterocycles. The van der Waals surface area contributed by atoms with Crippen LogP contribution < -0.4 is 5.32 Å². The van der Waals surface area contributed by atoms with Gasteiger partial charge in [0, 0.05) is 11.5 Å². The first kappa shape index (κ1) is 15.9. The maximum atomic E-state index is 12.8. The van der Waals surface area contributed by atoms with Crippen molar-refractivity contribution in [2.45, 2.75) is 30.7 Å². The van der Waals surface area contributed by atoms with E-state index in [2.05, 4.69) is 5.32 Å². The van der Waals surface area contributed by atoms with Crippen molar-refractivity contribution in [3.8, 4) is 0 Å². The first-order valence-corrected chi connectivity index (χ1v) is 8.79. The Morgan fingerprint density at radius 1 is 0.960 bits per heavy atom. The van der Waals surface area contributed by atoms with Crippen molar-refractivity contribution in [1.82, 2.24) is 5.32 Å². The van der Waals surface area contributed by atoms with Gasteiger partial charge in [0.05, 0.1) is 0 Å². The van der Waals surface area contributed by atoms with Gasteiger partial charge in [-0.2, -0.15) is 0 Å². The van der Waals surface area contributed by atoms with Gasteiger partial charge in [0.2, 0.25) is 0 Å². The summed E-state index contributed by atoms with van der Waals surface area (Å²) in [5.41, 5.74) is 0.278. The summed E-state index contributed by atoms with van der Waals surface area (Å²) < 4.78 is 0. The zero-order chi connectivity index (χ0) is 17.4. The van der Waals surface area contributed by atoms with Crippen molar-refractivity contribution in [2.75, 3.05) is 0 Å². The van der Waals surface area contributed by atoms with Crippen LogP contribution in [0.1, 0.15) is 41.1 Å². The standard InChI is InChI=1S/C21H21NO3/c23-19(15-9-5-2-6-10-15)22-21(20(24)25)17-12-11-16(13-17)18(21)14-7-3-1-4-8-14/h1-10,16-18H,11-13H2,(H,22,23)(H,24,25)/t16-,17+,18+,21+/m0/s1. The Balaban J connectivity index is 1.75. The first-order chi connectivity index (χ1) is 12.1. The Morgan fingerprint density at radius 3 is 2.24 bits per heavy atom. The number of fused-ring (bicyclic) bond motifs is 2. The molecular weight excluding hydrogens is 314 g/mol. The highest BCUT2D eigenvalue weighted by Crippen LogP contribution is 2.59. The molecule has 0 aliphatic heterocycles. The Kier molecular flexibility index (Phi) is 3.83. The van der Waals surface area contributed by atoms with Crippen molar-refractivity contribution in [2.24, 2.45) is 11.8 Å². The van der Waals surface area contributed by atoms with Gasteiger partial charge in [0.15, 0.2) is 0 Å². The lowest BCUT2D eigenvalue weighted by Gasteiger charge is -2.41. The normalized spacial score (nSPS) is 30.2. The summed E-state index contributed by atoms with van der Waals surface area (Å²) in [4.78, 5) is 25.2. The molecule has 2 N–H and O–H groups in total. The van der Waals surface area contributed by atoms with E-state index in [9.17, 15) is 14.7 Å². The van der Waals surface area contributed by atoms with Crippen molar-refractivity contribution >= 4 is 11.9 Å². The third-order valence-corrected chi connectivity index (χ3v) is 5.95. The minimum absolute atomic E-state index is 0.0205. The molecule has 2 bridgehead atoms. The number of benzene rings is 2. The zero-order valence-electron chi connectivity index (χ0n) is 13.9. The van der Waals surface area contributed by atoms with Gasteiger partial charge in [-0.3, -0.25) is 4.79 Å². The number of rotatable bonds is 4. The number of carbonyl (C=O) groups is 2. The molecular formula is C21H21NO3. The molecule has 2 aromatic carbocycles. The van der Waals surface area contributed by atoms with Gasteiger partial charge in [-0.05, 0) is 48.8 Å². The summed E-state index contributed by atoms with van der Waals surface area (Å²) in [6.45, 7) is 0. The zero-order valence-corrected chi connectivity index (χ0v) is 13.9. The molecule has 2 aromatic rings. The number of carboxylic acid groups (broad SMARTS) is 1. The van der Waals surface area contributed by atoms with Crippen LogP contribution in [0, 0.1) is 11.8 Å². The van der Waals surface area contributed by atoms with Gasteiger partial charge < -0.3 is 10.4 Å². The maximum Gasteiger partial charge on any atom is 0.330 e. The highest BCUT2D eigenvalue weighted by atomic mass is 16.4. The Bertz CT molecular complexity index is 789. The fourth-order valence-electron chi connectivity index (χ4n) is 4.94. The van der Waals surface area contributed by atoms with E-state index in [1.165, 1.54) is 0 Å². The predicted octanol–water partition coefficient (Wildman–Crippen LogP) is 3.45. The molecule has 4 rings (SSSR count). The lowest BCUT2D eigenvalue weighted by Crippen LogP contribution is -2.61. The molecule has 2 fully saturated rings. The van der Waals surface area contributed by atoms with E-state index in [1.54, 1.807) is 24.3 Å². The molecule has 0 unspecified atom stereocenters. The third kappa shape index (κ3) is 2.44. The average molecular weight is 335 g/mol. The fraction of sp³-hybridized carbons (Fsp3) is 0.333. The highest BCUT2D eigenvalue weighted by molar-refractivity contribution is 5.98. The van der Waals surface area contributed by atoms with Crippen LogP contribution in [0.4, 0.5) is 0 Å². The van der Waals surface area contributed by atoms with Crippen LogP contribution in [0.2, 0.25) is 0 Å². The molecule has 128 valence electrons. The third-order valence-electron chi connectivity index (χ3n) is 5.95. The minimum atomic E-state index is -1.23. The average Bonchev–Trinajstić information content (AvgIpc) is 3.23. The second-order valence-corrected chi connectivity index (χ2v) is 7.15. The molecule has 4 heteroatoms. The van der Waals surface area contributed by atoms with Crippen molar-refractivity contribution in [3.63, 3.8) is 0 Å². The van der Waals surface area contributed by atoms with Crippen LogP contribution in [0.5, 0.6) is 0 Å². The molecule has 2 aliphatic carbocycles. The van der Waals surface area contributed by atoms with Gasteiger partial charge in [0.1, 0.15) is 5.54 Å². The molecule has 0 aromatic heterocycles. The number of hydrogen-bond acceptors (Lipinski definition) is 2. The van der Waals surface area contributed by atoms with Crippen molar-refractivity contribution < 1.29 is 14.7 Å². The smallest absolute Gasteiger partial charge is 0.330 e. The molecule has 2 aliphatic rings. The van der Waals surface area contributed by atoms with Gasteiger partial charge in [-0.25, -0.2) is 4.79 Å². The Labute approximate surface area is 146 Å². The van der Waals surface area contributed by atoms with Gasteiger partial charge in [-0.15, -0.1) is 0 Å². The van der Waals surface area contributed by atoms with E-state index < -0.39 is 11.5 Å². The second kappa shape index (κ2) is 6.03. The second-order valence-electron chi connectivity index (χ2n) is 7.15. The van der Waals surface area contributed by atoms with Crippen LogP contribution in [-0.4, -0.2) is 22.5 Å². The van der Waals surface area contributed by atoms with Gasteiger partial charge >= 0.3 is 5.97 Å². The summed E-state index contributed by atoms with van der Waals surface area (Å²) >= 11 is 0. The molecule has 4 atom stereocenters. The molecule has 4 nitrogen and oxygen atoms in total. The Morgan fingerprint density at radius 2 is 1.60 bits per heavy atom. The number of carbonyl (C=O) groups excluding carboxylic acids is 1. The van der Waals surface area contributed by atoms with Crippen molar-refractivity contribution in [3.05, 3.63) is 71.8 Å². The topological polar surface area (TPSA) is 66.4 Å². The first-order valence-electron chi connectivity index (χ1n) is 8.79. The lowest BCUT2D eigenvalue weighted by molar-refractivity contribution is -0.147. The number of aliphatic carboxylic acids is 1. The molecule has 0 radical (unpaired) electrons. The summed E-state index contributed by atoms with van der Waals surface area (Å²) in [7, 11) is 0. The summed E-state index contributed by atoms with van der Waals surface area (Å²) in [6, 6.07) is 18.6. The van der Waals surface area contributed by atoms with E-state index >= 15 is 0 Å². The van der Waals surface area contributed by atoms with E-state index in [1.807, 2.05) is 36.4 Å². The lowest BCUT2D eigenvalue weighted by atomic mass is 9.69. The quantitative estimate of drug-likeness (QED) is 0.899. The molecule has 2 saturated carbocycles. The Hall–Kier alpha value is -2.62. The van der Waals surface area contributed by atoms with Crippen LogP contribution in [0.25, 0.3) is 0 Å². The maximum absolute atomic E-state index is 12.8. The molecule has 1 amide bonds. The number of amides is 1. The van der Waals surface area contributed by atoms with Gasteiger partial charge in [0.25, 0.3) is 5.91 Å². The largest absolute Gasteiger partial charge is 0.479 e. The molecule has 0 spiro atoms. The van der Waals surface area contributed by atoms with Crippen LogP contribution in [-0.2, 0) is 4.79 Å².